The predicted octanol–water partition coefficient (Wildman–Crippen LogP) is 5.99. The van der Waals surface area contributed by atoms with E-state index in [1.807, 2.05) is 12.1 Å². The molecule has 2 N–H and O–H groups in total. The zero-order valence-corrected chi connectivity index (χ0v) is 18.3. The lowest BCUT2D eigenvalue weighted by molar-refractivity contribution is -0.113. The Labute approximate surface area is 188 Å². The van der Waals surface area contributed by atoms with E-state index < -0.39 is 0 Å². The van der Waals surface area contributed by atoms with Crippen LogP contribution in [0.3, 0.4) is 0 Å². The average molecular weight is 461 g/mol. The second kappa shape index (κ2) is 10.4. The number of carbonyl (C=O) groups is 2. The number of rotatable bonds is 7. The minimum atomic E-state index is -0.211. The maximum Gasteiger partial charge on any atom is 0.255 e. The van der Waals surface area contributed by atoms with Crippen LogP contribution in [-0.2, 0) is 4.79 Å². The van der Waals surface area contributed by atoms with Gasteiger partial charge in [-0.15, -0.1) is 11.8 Å². The molecule has 0 fully saturated rings. The number of halogens is 2. The van der Waals surface area contributed by atoms with Crippen molar-refractivity contribution in [3.63, 3.8) is 0 Å². The number of ether oxygens (including phenoxy) is 1. The molecule has 0 heterocycles. The maximum atomic E-state index is 12.3. The number of benzene rings is 3. The molecule has 0 unspecified atom stereocenters. The van der Waals surface area contributed by atoms with Crippen molar-refractivity contribution in [2.75, 3.05) is 23.5 Å². The minimum absolute atomic E-state index is 0.171. The van der Waals surface area contributed by atoms with Gasteiger partial charge in [0.2, 0.25) is 5.91 Å². The van der Waals surface area contributed by atoms with Crippen LogP contribution in [0.1, 0.15) is 10.4 Å². The van der Waals surface area contributed by atoms with Crippen LogP contribution in [0.15, 0.2) is 71.6 Å². The number of anilines is 2. The molecule has 0 spiro atoms. The number of carbonyl (C=O) groups excluding carboxylic acids is 2. The number of nitrogens with one attached hydrogen (secondary N) is 2. The van der Waals surface area contributed by atoms with Gasteiger partial charge in [0.15, 0.2) is 0 Å². The topological polar surface area (TPSA) is 67.4 Å². The van der Waals surface area contributed by atoms with E-state index in [0.717, 1.165) is 4.90 Å². The fourth-order valence-corrected chi connectivity index (χ4v) is 3.78. The fourth-order valence-electron chi connectivity index (χ4n) is 2.55. The summed E-state index contributed by atoms with van der Waals surface area (Å²) in [6, 6.07) is 19.0. The van der Waals surface area contributed by atoms with Gasteiger partial charge in [-0.2, -0.15) is 0 Å². The van der Waals surface area contributed by atoms with Crippen molar-refractivity contribution in [3.05, 3.63) is 82.3 Å². The lowest BCUT2D eigenvalue weighted by Crippen LogP contribution is -2.14. The lowest BCUT2D eigenvalue weighted by Gasteiger charge is -2.08. The Morgan fingerprint density at radius 2 is 1.50 bits per heavy atom. The average Bonchev–Trinajstić information content (AvgIpc) is 2.72. The molecule has 0 saturated heterocycles. The highest BCUT2D eigenvalue weighted by molar-refractivity contribution is 8.00. The molecular weight excluding hydrogens is 443 g/mol. The van der Waals surface area contributed by atoms with Crippen LogP contribution in [0, 0.1) is 0 Å². The maximum absolute atomic E-state index is 12.3. The Hall–Kier alpha value is -2.67. The molecule has 3 aromatic rings. The van der Waals surface area contributed by atoms with Gasteiger partial charge in [0, 0.05) is 31.9 Å². The van der Waals surface area contributed by atoms with E-state index in [1.165, 1.54) is 11.8 Å². The largest absolute Gasteiger partial charge is 0.497 e. The summed E-state index contributed by atoms with van der Waals surface area (Å²) >= 11 is 13.2. The van der Waals surface area contributed by atoms with Crippen molar-refractivity contribution < 1.29 is 14.3 Å². The van der Waals surface area contributed by atoms with Crippen molar-refractivity contribution >= 4 is 58.2 Å². The molecule has 3 rings (SSSR count). The first-order valence-electron chi connectivity index (χ1n) is 8.87. The minimum Gasteiger partial charge on any atom is -0.497 e. The fraction of sp³-hybridized carbons (Fsp3) is 0.0909. The van der Waals surface area contributed by atoms with Gasteiger partial charge in [0.05, 0.1) is 12.9 Å². The molecule has 0 aliphatic heterocycles. The first-order valence-corrected chi connectivity index (χ1v) is 10.6. The third-order valence-corrected chi connectivity index (χ3v) is 5.43. The summed E-state index contributed by atoms with van der Waals surface area (Å²) in [4.78, 5) is 25.3. The highest BCUT2D eigenvalue weighted by atomic mass is 35.5. The quantitative estimate of drug-likeness (QED) is 0.425. The molecule has 154 valence electrons. The summed E-state index contributed by atoms with van der Waals surface area (Å²) in [6.07, 6.45) is 0. The second-order valence-electron chi connectivity index (χ2n) is 6.20. The molecule has 0 saturated carbocycles. The normalized spacial score (nSPS) is 10.4. The standard InChI is InChI=1S/C22H18Cl2N2O3S/c1-29-19-6-2-14(3-7-19)22(28)26-17-4-8-20(9-5-17)30-13-21(27)25-18-11-15(23)10-16(24)12-18/h2-12H,13H2,1H3,(H,25,27)(H,26,28). The van der Waals surface area contributed by atoms with E-state index in [-0.39, 0.29) is 17.6 Å². The molecule has 2 amide bonds. The van der Waals surface area contributed by atoms with E-state index in [9.17, 15) is 9.59 Å². The van der Waals surface area contributed by atoms with E-state index in [1.54, 1.807) is 61.7 Å². The molecule has 8 heteroatoms. The highest BCUT2D eigenvalue weighted by Crippen LogP contribution is 2.24. The summed E-state index contributed by atoms with van der Waals surface area (Å²) in [5.74, 6) is 0.532. The Kier molecular flexibility index (Phi) is 7.63. The number of thioether (sulfide) groups is 1. The number of hydrogen-bond acceptors (Lipinski definition) is 4. The Bertz CT molecular complexity index is 1020. The third-order valence-electron chi connectivity index (χ3n) is 3.98. The van der Waals surface area contributed by atoms with Gasteiger partial charge in [-0.05, 0) is 66.7 Å². The van der Waals surface area contributed by atoms with Gasteiger partial charge in [0.1, 0.15) is 5.75 Å². The molecule has 30 heavy (non-hydrogen) atoms. The molecule has 0 atom stereocenters. The molecule has 0 aliphatic carbocycles. The predicted molar refractivity (Wildman–Crippen MR) is 123 cm³/mol. The van der Waals surface area contributed by atoms with Crippen LogP contribution in [0.2, 0.25) is 10.0 Å². The van der Waals surface area contributed by atoms with E-state index in [0.29, 0.717) is 32.7 Å². The number of amides is 2. The van der Waals surface area contributed by atoms with Gasteiger partial charge in [-0.3, -0.25) is 9.59 Å². The zero-order chi connectivity index (χ0) is 21.5. The molecule has 0 radical (unpaired) electrons. The van der Waals surface area contributed by atoms with Crippen LogP contribution in [0.5, 0.6) is 5.75 Å². The second-order valence-corrected chi connectivity index (χ2v) is 8.12. The molecule has 0 bridgehead atoms. The van der Waals surface area contributed by atoms with E-state index >= 15 is 0 Å². The monoisotopic (exact) mass is 460 g/mol. The highest BCUT2D eigenvalue weighted by Gasteiger charge is 2.08. The lowest BCUT2D eigenvalue weighted by atomic mass is 10.2. The first kappa shape index (κ1) is 22.0. The summed E-state index contributed by atoms with van der Waals surface area (Å²) in [5.41, 5.74) is 1.75. The van der Waals surface area contributed by atoms with Crippen molar-refractivity contribution in [1.29, 1.82) is 0 Å². The van der Waals surface area contributed by atoms with Crippen LogP contribution in [0.4, 0.5) is 11.4 Å². The summed E-state index contributed by atoms with van der Waals surface area (Å²) < 4.78 is 5.09. The van der Waals surface area contributed by atoms with Gasteiger partial charge in [-0.25, -0.2) is 0 Å². The number of hydrogen-bond donors (Lipinski definition) is 2. The third kappa shape index (κ3) is 6.42. The van der Waals surface area contributed by atoms with E-state index in [2.05, 4.69) is 10.6 Å². The number of methoxy groups -OCH3 is 1. The molecular formula is C22H18Cl2N2O3S. The molecule has 0 aliphatic rings. The van der Waals surface area contributed by atoms with Crippen molar-refractivity contribution in [1.82, 2.24) is 0 Å². The molecule has 5 nitrogen and oxygen atoms in total. The van der Waals surface area contributed by atoms with Gasteiger partial charge in [-0.1, -0.05) is 23.2 Å². The smallest absolute Gasteiger partial charge is 0.255 e. The van der Waals surface area contributed by atoms with Crippen LogP contribution < -0.4 is 15.4 Å². The SMILES string of the molecule is COc1ccc(C(=O)Nc2ccc(SCC(=O)Nc3cc(Cl)cc(Cl)c3)cc2)cc1. The zero-order valence-electron chi connectivity index (χ0n) is 15.9. The van der Waals surface area contributed by atoms with E-state index in [4.69, 9.17) is 27.9 Å². The Morgan fingerprint density at radius 1 is 0.867 bits per heavy atom. The van der Waals surface area contributed by atoms with Gasteiger partial charge >= 0.3 is 0 Å². The van der Waals surface area contributed by atoms with Crippen LogP contribution in [-0.4, -0.2) is 24.7 Å². The van der Waals surface area contributed by atoms with Crippen molar-refractivity contribution in [3.8, 4) is 5.75 Å². The molecule has 0 aromatic heterocycles. The first-order chi connectivity index (χ1) is 14.4. The van der Waals surface area contributed by atoms with Crippen LogP contribution >= 0.6 is 35.0 Å². The Balaban J connectivity index is 1.51. The van der Waals surface area contributed by atoms with Crippen LogP contribution in [0.25, 0.3) is 0 Å². The summed E-state index contributed by atoms with van der Waals surface area (Å²) in [5, 5.41) is 6.51. The van der Waals surface area contributed by atoms with Gasteiger partial charge in [0.25, 0.3) is 5.91 Å². The van der Waals surface area contributed by atoms with Gasteiger partial charge < -0.3 is 15.4 Å². The van der Waals surface area contributed by atoms with Crippen molar-refractivity contribution in [2.45, 2.75) is 4.90 Å². The Morgan fingerprint density at radius 3 is 2.10 bits per heavy atom. The summed E-state index contributed by atoms with van der Waals surface area (Å²) in [6.45, 7) is 0. The molecule has 3 aromatic carbocycles. The summed E-state index contributed by atoms with van der Waals surface area (Å²) in [7, 11) is 1.57. The van der Waals surface area contributed by atoms with Crippen molar-refractivity contribution in [2.24, 2.45) is 0 Å².